The molecule has 0 aliphatic carbocycles. The van der Waals surface area contributed by atoms with Crippen LogP contribution in [0.2, 0.25) is 0 Å². The highest BCUT2D eigenvalue weighted by molar-refractivity contribution is 7.90. The smallest absolute Gasteiger partial charge is 0.269 e. The zero-order chi connectivity index (χ0) is 26.3. The first-order valence-corrected chi connectivity index (χ1v) is 12.8. The molecule has 0 bridgehead atoms. The Morgan fingerprint density at radius 3 is 2.61 bits per heavy atom. The minimum absolute atomic E-state index is 0.0193. The molecule has 1 fully saturated rings. The number of nitrogens with one attached hydrogen (secondary N) is 2. The van der Waals surface area contributed by atoms with E-state index in [0.29, 0.717) is 17.8 Å². The number of rotatable bonds is 6. The minimum atomic E-state index is -4.45. The number of anilines is 1. The zero-order valence-corrected chi connectivity index (χ0v) is 21.1. The first-order chi connectivity index (χ1) is 17.0. The molecule has 1 saturated heterocycles. The van der Waals surface area contributed by atoms with Gasteiger partial charge < -0.3 is 14.6 Å². The van der Waals surface area contributed by atoms with Gasteiger partial charge in [0, 0.05) is 23.8 Å². The number of carbonyl (C=O) groups excluding carboxylic acids is 1. The maximum Gasteiger partial charge on any atom is 0.269 e. The molecule has 1 aromatic carbocycles. The number of halogens is 1. The maximum absolute atomic E-state index is 14.4. The highest BCUT2D eigenvalue weighted by Crippen LogP contribution is 2.39. The Hall–Kier alpha value is -3.73. The quantitative estimate of drug-likeness (QED) is 0.518. The number of hydrogen-bond acceptors (Lipinski definition) is 7. The van der Waals surface area contributed by atoms with Crippen LogP contribution in [-0.4, -0.2) is 43.5 Å². The Labute approximate surface area is 208 Å². The van der Waals surface area contributed by atoms with Crippen LogP contribution in [0.15, 0.2) is 58.4 Å². The summed E-state index contributed by atoms with van der Waals surface area (Å²) in [7, 11) is -3.08. The van der Waals surface area contributed by atoms with E-state index in [0.717, 1.165) is 12.5 Å². The van der Waals surface area contributed by atoms with Crippen LogP contribution in [0.5, 0.6) is 5.75 Å². The maximum atomic E-state index is 14.4. The van der Waals surface area contributed by atoms with Gasteiger partial charge in [0.1, 0.15) is 5.82 Å². The lowest BCUT2D eigenvalue weighted by molar-refractivity contribution is 0.0981. The predicted molar refractivity (Wildman–Crippen MR) is 133 cm³/mol. The number of benzene rings is 1. The summed E-state index contributed by atoms with van der Waals surface area (Å²) in [5.41, 5.74) is -0.342. The molecule has 4 rings (SSSR count). The third kappa shape index (κ3) is 4.58. The highest BCUT2D eigenvalue weighted by atomic mass is 32.2. The molecule has 36 heavy (non-hydrogen) atoms. The van der Waals surface area contributed by atoms with Crippen molar-refractivity contribution in [1.82, 2.24) is 14.7 Å². The molecule has 1 amide bonds. The van der Waals surface area contributed by atoms with E-state index >= 15 is 0 Å². The van der Waals surface area contributed by atoms with Gasteiger partial charge in [-0.15, -0.1) is 0 Å². The lowest BCUT2D eigenvalue weighted by Gasteiger charge is -2.36. The largest absolute Gasteiger partial charge is 0.494 e. The molecule has 1 atom stereocenters. The molecule has 3 aromatic rings. The summed E-state index contributed by atoms with van der Waals surface area (Å²) in [4.78, 5) is 33.6. The highest BCUT2D eigenvalue weighted by Gasteiger charge is 2.41. The van der Waals surface area contributed by atoms with E-state index in [4.69, 9.17) is 4.74 Å². The number of aromatic nitrogens is 2. The van der Waals surface area contributed by atoms with Gasteiger partial charge in [-0.05, 0) is 68.7 Å². The monoisotopic (exact) mass is 514 g/mol. The summed E-state index contributed by atoms with van der Waals surface area (Å²) in [6, 6.07) is 9.86. The van der Waals surface area contributed by atoms with Gasteiger partial charge in [0.2, 0.25) is 0 Å². The van der Waals surface area contributed by atoms with Gasteiger partial charge in [0.25, 0.3) is 21.5 Å². The van der Waals surface area contributed by atoms with Crippen LogP contribution in [-0.2, 0) is 10.0 Å². The average Bonchev–Trinajstić information content (AvgIpc) is 3.10. The van der Waals surface area contributed by atoms with Gasteiger partial charge in [-0.2, -0.15) is 0 Å². The number of pyridine rings is 2. The van der Waals surface area contributed by atoms with Crippen LogP contribution in [0.25, 0.3) is 11.3 Å². The molecular formula is C25H27FN4O5S. The van der Waals surface area contributed by atoms with Crippen molar-refractivity contribution in [3.05, 3.63) is 70.4 Å². The first-order valence-electron chi connectivity index (χ1n) is 11.3. The van der Waals surface area contributed by atoms with Gasteiger partial charge in [0.15, 0.2) is 16.5 Å². The molecule has 0 spiro atoms. The standard InChI is InChI=1S/C25H27FN4O5S/c1-15-11-13-30(25(15,2)3)22-17(23(31)29-36(33,34)21-6-5-12-27-24(21)32)8-9-19(28-22)16-7-10-20(35-4)18(26)14-16/h5-10,12,14-15H,11,13H2,1-4H3,(H,27,32)(H,29,31). The van der Waals surface area contributed by atoms with Crippen LogP contribution in [0, 0.1) is 11.7 Å². The number of methoxy groups -OCH3 is 1. The molecule has 1 aliphatic heterocycles. The number of carbonyl (C=O) groups is 1. The second kappa shape index (κ2) is 9.38. The Kier molecular flexibility index (Phi) is 6.61. The van der Waals surface area contributed by atoms with E-state index in [1.54, 1.807) is 6.07 Å². The third-order valence-corrected chi connectivity index (χ3v) is 8.16. The summed E-state index contributed by atoms with van der Waals surface area (Å²) in [6.45, 7) is 6.73. The van der Waals surface area contributed by atoms with E-state index in [1.807, 2.05) is 23.5 Å². The lowest BCUT2D eigenvalue weighted by Crippen LogP contribution is -2.44. The number of sulfonamides is 1. The van der Waals surface area contributed by atoms with E-state index in [9.17, 15) is 22.4 Å². The SMILES string of the molecule is COc1ccc(-c2ccc(C(=O)NS(=O)(=O)c3ccc[nH]c3=O)c(N3CCC(C)C3(C)C)n2)cc1F. The molecular weight excluding hydrogens is 487 g/mol. The van der Waals surface area contributed by atoms with Crippen molar-refractivity contribution in [2.45, 2.75) is 37.6 Å². The van der Waals surface area contributed by atoms with Crippen LogP contribution >= 0.6 is 0 Å². The summed E-state index contributed by atoms with van der Waals surface area (Å²) < 4.78 is 46.9. The van der Waals surface area contributed by atoms with Crippen molar-refractivity contribution >= 4 is 21.7 Å². The van der Waals surface area contributed by atoms with Crippen LogP contribution < -0.4 is 19.9 Å². The average molecular weight is 515 g/mol. The number of nitrogens with zero attached hydrogens (tertiary/aromatic N) is 2. The van der Waals surface area contributed by atoms with Gasteiger partial charge in [-0.1, -0.05) is 6.92 Å². The molecule has 2 aromatic heterocycles. The van der Waals surface area contributed by atoms with Crippen molar-refractivity contribution in [3.63, 3.8) is 0 Å². The molecule has 0 saturated carbocycles. The van der Waals surface area contributed by atoms with Gasteiger partial charge in [-0.25, -0.2) is 22.5 Å². The zero-order valence-electron chi connectivity index (χ0n) is 20.3. The first kappa shape index (κ1) is 25.4. The summed E-state index contributed by atoms with van der Waals surface area (Å²) in [5, 5.41) is 0. The number of aromatic amines is 1. The molecule has 2 N–H and O–H groups in total. The summed E-state index contributed by atoms with van der Waals surface area (Å²) >= 11 is 0. The third-order valence-electron chi connectivity index (χ3n) is 6.81. The molecule has 9 nitrogen and oxygen atoms in total. The fraction of sp³-hybridized carbons (Fsp3) is 0.320. The summed E-state index contributed by atoms with van der Waals surface area (Å²) in [5.74, 6) is -0.861. The Balaban J connectivity index is 1.79. The Bertz CT molecular complexity index is 1490. The Morgan fingerprint density at radius 1 is 1.25 bits per heavy atom. The van der Waals surface area contributed by atoms with E-state index < -0.39 is 32.2 Å². The predicted octanol–water partition coefficient (Wildman–Crippen LogP) is 3.33. The molecule has 1 unspecified atom stereocenters. The Morgan fingerprint density at radius 2 is 2.00 bits per heavy atom. The number of ether oxygens (including phenoxy) is 1. The van der Waals surface area contributed by atoms with Gasteiger partial charge in [-0.3, -0.25) is 9.59 Å². The van der Waals surface area contributed by atoms with E-state index in [-0.39, 0.29) is 28.6 Å². The minimum Gasteiger partial charge on any atom is -0.494 e. The van der Waals surface area contributed by atoms with Crippen molar-refractivity contribution in [1.29, 1.82) is 0 Å². The van der Waals surface area contributed by atoms with Crippen molar-refractivity contribution < 1.29 is 22.3 Å². The second-order valence-corrected chi connectivity index (χ2v) is 10.9. The van der Waals surface area contributed by atoms with Crippen LogP contribution in [0.3, 0.4) is 0 Å². The fourth-order valence-corrected chi connectivity index (χ4v) is 5.30. The normalized spacial score (nSPS) is 17.1. The van der Waals surface area contributed by atoms with Crippen LogP contribution in [0.4, 0.5) is 10.2 Å². The van der Waals surface area contributed by atoms with Crippen molar-refractivity contribution in [3.8, 4) is 17.0 Å². The van der Waals surface area contributed by atoms with Crippen molar-refractivity contribution in [2.75, 3.05) is 18.6 Å². The van der Waals surface area contributed by atoms with Crippen LogP contribution in [0.1, 0.15) is 37.6 Å². The topological polar surface area (TPSA) is 121 Å². The molecule has 190 valence electrons. The van der Waals surface area contributed by atoms with Gasteiger partial charge >= 0.3 is 0 Å². The lowest BCUT2D eigenvalue weighted by atomic mass is 9.90. The second-order valence-electron chi connectivity index (χ2n) is 9.21. The van der Waals surface area contributed by atoms with Crippen molar-refractivity contribution in [2.24, 2.45) is 5.92 Å². The molecule has 3 heterocycles. The molecule has 0 radical (unpaired) electrons. The number of amides is 1. The van der Waals surface area contributed by atoms with Gasteiger partial charge in [0.05, 0.1) is 18.4 Å². The van der Waals surface area contributed by atoms with E-state index in [2.05, 4.69) is 16.9 Å². The molecule has 1 aliphatic rings. The molecule has 11 heteroatoms. The number of hydrogen-bond donors (Lipinski definition) is 2. The number of H-pyrrole nitrogens is 1. The summed E-state index contributed by atoms with van der Waals surface area (Å²) in [6.07, 6.45) is 2.14. The van der Waals surface area contributed by atoms with E-state index in [1.165, 1.54) is 43.6 Å². The fourth-order valence-electron chi connectivity index (χ4n) is 4.28.